The summed E-state index contributed by atoms with van der Waals surface area (Å²) in [5.74, 6) is -1.47. The molecular formula is C11H10F7N3O3S. The summed E-state index contributed by atoms with van der Waals surface area (Å²) in [6, 6.07) is -5.12. The van der Waals surface area contributed by atoms with Gasteiger partial charge in [-0.05, 0) is 19.1 Å². The zero-order valence-corrected chi connectivity index (χ0v) is 12.9. The summed E-state index contributed by atoms with van der Waals surface area (Å²) in [5.41, 5.74) is -0.944. The third-order valence-electron chi connectivity index (χ3n) is 2.94. The van der Waals surface area contributed by atoms with E-state index in [1.165, 1.54) is 0 Å². The van der Waals surface area contributed by atoms with Crippen LogP contribution in [0.15, 0.2) is 29.2 Å². The van der Waals surface area contributed by atoms with Crippen LogP contribution in [-0.4, -0.2) is 37.3 Å². The first-order valence-corrected chi connectivity index (χ1v) is 7.54. The fraction of sp³-hybridized carbons (Fsp3) is 0.364. The summed E-state index contributed by atoms with van der Waals surface area (Å²) in [7, 11) is -5.34. The lowest BCUT2D eigenvalue weighted by Gasteiger charge is -2.37. The zero-order valence-electron chi connectivity index (χ0n) is 12.1. The number of hydrazine groups is 1. The van der Waals surface area contributed by atoms with Crippen LogP contribution >= 0.6 is 0 Å². The van der Waals surface area contributed by atoms with Crippen LogP contribution in [0, 0.1) is 5.82 Å². The number of hydrogen-bond acceptors (Lipinski definition) is 3. The fourth-order valence-corrected chi connectivity index (χ4v) is 2.58. The number of amides is 2. The van der Waals surface area contributed by atoms with E-state index in [2.05, 4.69) is 5.73 Å². The molecule has 1 rings (SSSR count). The third kappa shape index (κ3) is 3.78. The molecule has 25 heavy (non-hydrogen) atoms. The molecule has 1 unspecified atom stereocenters. The molecule has 142 valence electrons. The van der Waals surface area contributed by atoms with E-state index in [9.17, 15) is 43.9 Å². The summed E-state index contributed by atoms with van der Waals surface area (Å²) in [6.45, 7) is -0.625. The second-order valence-corrected chi connectivity index (χ2v) is 6.37. The van der Waals surface area contributed by atoms with Crippen molar-refractivity contribution in [3.8, 4) is 0 Å². The number of nitrogens with one attached hydrogen (secondary N) is 1. The van der Waals surface area contributed by atoms with Gasteiger partial charge >= 0.3 is 18.3 Å². The van der Waals surface area contributed by atoms with Crippen LogP contribution in [0.5, 0.6) is 0 Å². The molecule has 0 saturated carbocycles. The van der Waals surface area contributed by atoms with Crippen molar-refractivity contribution in [3.63, 3.8) is 0 Å². The van der Waals surface area contributed by atoms with E-state index in [4.69, 9.17) is 0 Å². The number of hydrogen-bond donors (Lipinski definition) is 2. The Labute approximate surface area is 136 Å². The fourth-order valence-electron chi connectivity index (χ4n) is 1.45. The SMILES string of the molecule is CC(F)(C(F)(F)F)C(F)(F)N(NS(=O)(=O)c1ccccc1F)C(N)=O. The molecular weight excluding hydrogens is 387 g/mol. The molecule has 0 spiro atoms. The van der Waals surface area contributed by atoms with Crippen LogP contribution in [0.1, 0.15) is 6.92 Å². The highest BCUT2D eigenvalue weighted by Crippen LogP contribution is 2.46. The van der Waals surface area contributed by atoms with E-state index in [1.54, 1.807) is 0 Å². The van der Waals surface area contributed by atoms with Gasteiger partial charge in [-0.1, -0.05) is 12.1 Å². The largest absolute Gasteiger partial charge is 0.430 e. The van der Waals surface area contributed by atoms with Gasteiger partial charge in [-0.15, -0.1) is 4.83 Å². The van der Waals surface area contributed by atoms with Gasteiger partial charge in [0.2, 0.25) is 0 Å². The summed E-state index contributed by atoms with van der Waals surface area (Å²) >= 11 is 0. The molecule has 0 aromatic heterocycles. The number of nitrogens with two attached hydrogens (primary N) is 1. The van der Waals surface area contributed by atoms with E-state index in [1.807, 2.05) is 0 Å². The Morgan fingerprint density at radius 1 is 1.12 bits per heavy atom. The number of nitrogens with zero attached hydrogens (tertiary/aromatic N) is 1. The number of benzene rings is 1. The van der Waals surface area contributed by atoms with Gasteiger partial charge in [-0.25, -0.2) is 22.0 Å². The molecule has 0 aliphatic heterocycles. The Morgan fingerprint density at radius 2 is 1.60 bits per heavy atom. The Bertz CT molecular complexity index is 764. The molecule has 0 aliphatic carbocycles. The predicted octanol–water partition coefficient (Wildman–Crippen LogP) is 2.28. The van der Waals surface area contributed by atoms with Crippen molar-refractivity contribution in [2.45, 2.75) is 29.7 Å². The standard InChI is InChI=1S/C11H10F7N3O3S/c1-9(13,10(14,15)16)11(17,18)21(8(19)22)20-25(23,24)7-5-3-2-4-6(7)12/h2-5,20H,1H3,(H2,19,22). The number of sulfonamides is 1. The quantitative estimate of drug-likeness (QED) is 0.454. The number of carbonyl (C=O) groups is 1. The number of alkyl halides is 6. The average Bonchev–Trinajstić information content (AvgIpc) is 2.43. The molecule has 14 heteroatoms. The first kappa shape index (κ1) is 21.0. The van der Waals surface area contributed by atoms with Gasteiger partial charge in [0.1, 0.15) is 10.7 Å². The Balaban J connectivity index is 3.40. The highest BCUT2D eigenvalue weighted by atomic mass is 32.2. The monoisotopic (exact) mass is 397 g/mol. The smallest absolute Gasteiger partial charge is 0.350 e. The number of primary amides is 1. The van der Waals surface area contributed by atoms with Crippen molar-refractivity contribution >= 4 is 16.1 Å². The van der Waals surface area contributed by atoms with Gasteiger partial charge in [-0.3, -0.25) is 0 Å². The molecule has 0 heterocycles. The van der Waals surface area contributed by atoms with Crippen LogP contribution in [0.2, 0.25) is 0 Å². The molecule has 0 saturated heterocycles. The lowest BCUT2D eigenvalue weighted by molar-refractivity contribution is -0.329. The first-order valence-electron chi connectivity index (χ1n) is 6.06. The van der Waals surface area contributed by atoms with E-state index in [0.29, 0.717) is 17.0 Å². The molecule has 1 aromatic carbocycles. The highest BCUT2D eigenvalue weighted by molar-refractivity contribution is 7.89. The summed E-state index contributed by atoms with van der Waals surface area (Å²) < 4.78 is 116. The summed E-state index contributed by atoms with van der Waals surface area (Å²) in [4.78, 5) is 10.4. The first-order chi connectivity index (χ1) is 11.1. The second kappa shape index (κ2) is 6.33. The van der Waals surface area contributed by atoms with Gasteiger partial charge in [0.15, 0.2) is 0 Å². The van der Waals surface area contributed by atoms with Crippen molar-refractivity contribution in [1.82, 2.24) is 9.84 Å². The van der Waals surface area contributed by atoms with Crippen LogP contribution in [0.4, 0.5) is 35.5 Å². The summed E-state index contributed by atoms with van der Waals surface area (Å²) in [5, 5.41) is -1.57. The van der Waals surface area contributed by atoms with E-state index in [-0.39, 0.29) is 0 Å². The normalized spacial score (nSPS) is 15.5. The molecule has 3 N–H and O–H groups in total. The minimum Gasteiger partial charge on any atom is -0.350 e. The lowest BCUT2D eigenvalue weighted by Crippen LogP contribution is -2.68. The molecule has 0 fully saturated rings. The molecule has 2 amide bonds. The van der Waals surface area contributed by atoms with E-state index in [0.717, 1.165) is 12.1 Å². The Hall–Kier alpha value is -2.09. The lowest BCUT2D eigenvalue weighted by atomic mass is 10.1. The predicted molar refractivity (Wildman–Crippen MR) is 68.7 cm³/mol. The van der Waals surface area contributed by atoms with Crippen molar-refractivity contribution in [3.05, 3.63) is 30.1 Å². The number of carbonyl (C=O) groups excluding carboxylic acids is 1. The van der Waals surface area contributed by atoms with Crippen LogP contribution in [0.25, 0.3) is 0 Å². The van der Waals surface area contributed by atoms with E-state index < -0.39 is 56.6 Å². The minimum absolute atomic E-state index is 0.563. The molecule has 6 nitrogen and oxygen atoms in total. The van der Waals surface area contributed by atoms with Crippen molar-refractivity contribution in [1.29, 1.82) is 0 Å². The third-order valence-corrected chi connectivity index (χ3v) is 4.27. The Morgan fingerprint density at radius 3 is 2.00 bits per heavy atom. The maximum atomic E-state index is 13.9. The van der Waals surface area contributed by atoms with Crippen LogP contribution in [0.3, 0.4) is 0 Å². The molecule has 0 radical (unpaired) electrons. The molecule has 1 aromatic rings. The van der Waals surface area contributed by atoms with Gasteiger partial charge in [0.25, 0.3) is 15.7 Å². The molecule has 0 bridgehead atoms. The maximum absolute atomic E-state index is 13.9. The van der Waals surface area contributed by atoms with Crippen molar-refractivity contribution in [2.24, 2.45) is 5.73 Å². The topological polar surface area (TPSA) is 92.5 Å². The zero-order chi connectivity index (χ0) is 19.8. The Kier molecular flexibility index (Phi) is 5.30. The minimum atomic E-state index is -6.20. The number of halogens is 7. The van der Waals surface area contributed by atoms with Gasteiger partial charge < -0.3 is 5.73 Å². The van der Waals surface area contributed by atoms with Crippen molar-refractivity contribution < 1.29 is 43.9 Å². The van der Waals surface area contributed by atoms with Gasteiger partial charge in [-0.2, -0.15) is 27.0 Å². The molecule has 0 aliphatic rings. The molecule has 1 atom stereocenters. The average molecular weight is 397 g/mol. The second-order valence-electron chi connectivity index (χ2n) is 4.74. The number of rotatable bonds is 5. The maximum Gasteiger partial charge on any atom is 0.430 e. The van der Waals surface area contributed by atoms with Crippen LogP contribution in [-0.2, 0) is 10.0 Å². The highest BCUT2D eigenvalue weighted by Gasteiger charge is 2.72. The summed E-state index contributed by atoms with van der Waals surface area (Å²) in [6.07, 6.45) is -6.20. The number of urea groups is 1. The van der Waals surface area contributed by atoms with Crippen LogP contribution < -0.4 is 10.6 Å². The van der Waals surface area contributed by atoms with E-state index >= 15 is 0 Å². The van der Waals surface area contributed by atoms with Gasteiger partial charge in [0, 0.05) is 0 Å². The van der Waals surface area contributed by atoms with Gasteiger partial charge in [0.05, 0.1) is 0 Å². The van der Waals surface area contributed by atoms with Crippen molar-refractivity contribution in [2.75, 3.05) is 0 Å².